The molecule has 26 heavy (non-hydrogen) atoms. The Hall–Kier alpha value is -2.30. The second kappa shape index (κ2) is 7.94. The molecule has 3 aromatic rings. The summed E-state index contributed by atoms with van der Waals surface area (Å²) in [4.78, 5) is 14.5. The first kappa shape index (κ1) is 18.5. The highest BCUT2D eigenvalue weighted by Gasteiger charge is 2.23. The minimum atomic E-state index is -0.160. The van der Waals surface area contributed by atoms with Crippen molar-refractivity contribution in [3.05, 3.63) is 87.2 Å². The van der Waals surface area contributed by atoms with Crippen LogP contribution in [-0.4, -0.2) is 27.6 Å². The quantitative estimate of drug-likeness (QED) is 0.629. The van der Waals surface area contributed by atoms with E-state index >= 15 is 0 Å². The number of halogens is 2. The van der Waals surface area contributed by atoms with Crippen LogP contribution in [0.3, 0.4) is 0 Å². The van der Waals surface area contributed by atoms with Crippen molar-refractivity contribution in [3.8, 4) is 0 Å². The van der Waals surface area contributed by atoms with E-state index in [4.69, 9.17) is 23.2 Å². The van der Waals surface area contributed by atoms with Crippen LogP contribution < -0.4 is 0 Å². The first-order valence-electron chi connectivity index (χ1n) is 8.22. The van der Waals surface area contributed by atoms with Crippen LogP contribution >= 0.6 is 23.2 Å². The van der Waals surface area contributed by atoms with Gasteiger partial charge in [-0.05, 0) is 30.2 Å². The van der Waals surface area contributed by atoms with Gasteiger partial charge in [0.15, 0.2) is 0 Å². The molecule has 0 bridgehead atoms. The Bertz CT molecular complexity index is 922. The van der Waals surface area contributed by atoms with Crippen molar-refractivity contribution in [1.29, 1.82) is 0 Å². The largest absolute Gasteiger partial charge is 0.337 e. The van der Waals surface area contributed by atoms with Crippen LogP contribution in [0.25, 0.3) is 0 Å². The zero-order valence-corrected chi connectivity index (χ0v) is 16.1. The van der Waals surface area contributed by atoms with Gasteiger partial charge in [0.05, 0.1) is 17.8 Å². The maximum Gasteiger partial charge on any atom is 0.258 e. The van der Waals surface area contributed by atoms with E-state index in [2.05, 4.69) is 5.10 Å². The van der Waals surface area contributed by atoms with Gasteiger partial charge in [-0.25, -0.2) is 4.68 Å². The van der Waals surface area contributed by atoms with Gasteiger partial charge in [-0.1, -0.05) is 65.7 Å². The zero-order valence-electron chi connectivity index (χ0n) is 14.6. The van der Waals surface area contributed by atoms with E-state index < -0.39 is 0 Å². The molecule has 0 saturated heterocycles. The van der Waals surface area contributed by atoms with E-state index in [1.54, 1.807) is 23.6 Å². The fourth-order valence-electron chi connectivity index (χ4n) is 2.83. The molecule has 3 rings (SSSR count). The number of hydrogen-bond donors (Lipinski definition) is 0. The van der Waals surface area contributed by atoms with Crippen molar-refractivity contribution in [3.63, 3.8) is 0 Å². The number of rotatable bonds is 5. The highest BCUT2D eigenvalue weighted by molar-refractivity contribution is 6.33. The lowest BCUT2D eigenvalue weighted by Gasteiger charge is -2.17. The van der Waals surface area contributed by atoms with Gasteiger partial charge in [0.25, 0.3) is 5.91 Å². The van der Waals surface area contributed by atoms with E-state index in [-0.39, 0.29) is 5.91 Å². The van der Waals surface area contributed by atoms with E-state index in [0.717, 1.165) is 11.1 Å². The zero-order chi connectivity index (χ0) is 18.7. The summed E-state index contributed by atoms with van der Waals surface area (Å²) in [5.41, 5.74) is 3.09. The predicted molar refractivity (Wildman–Crippen MR) is 105 cm³/mol. The standard InChI is InChI=1S/C20H19Cl2N3O/c1-14-18(19(22)25(23-14)13-15-7-4-3-5-8-15)20(26)24(2)12-16-9-6-10-17(21)11-16/h3-11H,12-13H2,1-2H3. The normalized spacial score (nSPS) is 10.8. The van der Waals surface area contributed by atoms with Crippen LogP contribution in [0.4, 0.5) is 0 Å². The Morgan fingerprint density at radius 3 is 2.46 bits per heavy atom. The number of carbonyl (C=O) groups is 1. The molecule has 0 radical (unpaired) electrons. The van der Waals surface area contributed by atoms with Gasteiger partial charge in [-0.3, -0.25) is 4.79 Å². The summed E-state index contributed by atoms with van der Waals surface area (Å²) < 4.78 is 1.66. The number of aromatic nitrogens is 2. The second-order valence-corrected chi connectivity index (χ2v) is 6.98. The van der Waals surface area contributed by atoms with Crippen LogP contribution in [0.1, 0.15) is 27.2 Å². The molecule has 6 heteroatoms. The lowest BCUT2D eigenvalue weighted by molar-refractivity contribution is 0.0784. The SMILES string of the molecule is Cc1nn(Cc2ccccc2)c(Cl)c1C(=O)N(C)Cc1cccc(Cl)c1. The predicted octanol–water partition coefficient (Wildman–Crippen LogP) is 4.82. The lowest BCUT2D eigenvalue weighted by Crippen LogP contribution is -2.26. The maximum absolute atomic E-state index is 12.9. The molecule has 0 fully saturated rings. The Kier molecular flexibility index (Phi) is 5.64. The molecule has 0 unspecified atom stereocenters. The fourth-order valence-corrected chi connectivity index (χ4v) is 3.36. The Morgan fingerprint density at radius 2 is 1.77 bits per heavy atom. The molecule has 134 valence electrons. The molecule has 0 atom stereocenters. The Morgan fingerprint density at radius 1 is 1.08 bits per heavy atom. The number of amides is 1. The van der Waals surface area contributed by atoms with Gasteiger partial charge < -0.3 is 4.90 Å². The third-order valence-corrected chi connectivity index (χ3v) is 4.73. The molecule has 0 aliphatic carbocycles. The van der Waals surface area contributed by atoms with Gasteiger partial charge >= 0.3 is 0 Å². The molecule has 0 aliphatic heterocycles. The van der Waals surface area contributed by atoms with E-state index in [1.807, 2.05) is 54.6 Å². The van der Waals surface area contributed by atoms with Crippen LogP contribution in [0.15, 0.2) is 54.6 Å². The van der Waals surface area contributed by atoms with Gasteiger partial charge in [0, 0.05) is 18.6 Å². The van der Waals surface area contributed by atoms with Crippen molar-refractivity contribution < 1.29 is 4.79 Å². The van der Waals surface area contributed by atoms with Gasteiger partial charge in [0.1, 0.15) is 5.15 Å². The Labute approximate surface area is 163 Å². The molecule has 2 aromatic carbocycles. The average Bonchev–Trinajstić information content (AvgIpc) is 2.89. The summed E-state index contributed by atoms with van der Waals surface area (Å²) in [6, 6.07) is 17.3. The lowest BCUT2D eigenvalue weighted by atomic mass is 10.2. The van der Waals surface area contributed by atoms with Crippen LogP contribution in [0.2, 0.25) is 10.2 Å². The monoisotopic (exact) mass is 387 g/mol. The smallest absolute Gasteiger partial charge is 0.258 e. The molecular formula is C20H19Cl2N3O. The highest BCUT2D eigenvalue weighted by Crippen LogP contribution is 2.23. The number of carbonyl (C=O) groups excluding carboxylic acids is 1. The Balaban J connectivity index is 1.80. The van der Waals surface area contributed by atoms with Crippen molar-refractivity contribution >= 4 is 29.1 Å². The van der Waals surface area contributed by atoms with Crippen molar-refractivity contribution in [2.24, 2.45) is 0 Å². The first-order chi connectivity index (χ1) is 12.5. The molecule has 1 amide bonds. The summed E-state index contributed by atoms with van der Waals surface area (Å²) in [7, 11) is 1.74. The number of nitrogens with zero attached hydrogens (tertiary/aromatic N) is 3. The third kappa shape index (κ3) is 4.09. The van der Waals surface area contributed by atoms with Crippen molar-refractivity contribution in [2.75, 3.05) is 7.05 Å². The van der Waals surface area contributed by atoms with Crippen LogP contribution in [0.5, 0.6) is 0 Å². The summed E-state index contributed by atoms with van der Waals surface area (Å²) in [5, 5.41) is 5.45. The molecule has 4 nitrogen and oxygen atoms in total. The number of hydrogen-bond acceptors (Lipinski definition) is 2. The average molecular weight is 388 g/mol. The van der Waals surface area contributed by atoms with Crippen LogP contribution in [-0.2, 0) is 13.1 Å². The van der Waals surface area contributed by atoms with Gasteiger partial charge in [0.2, 0.25) is 0 Å². The highest BCUT2D eigenvalue weighted by atomic mass is 35.5. The van der Waals surface area contributed by atoms with Crippen molar-refractivity contribution in [1.82, 2.24) is 14.7 Å². The molecular weight excluding hydrogens is 369 g/mol. The summed E-state index contributed by atoms with van der Waals surface area (Å²) in [6.07, 6.45) is 0. The van der Waals surface area contributed by atoms with Gasteiger partial charge in [-0.2, -0.15) is 5.10 Å². The number of aryl methyl sites for hydroxylation is 1. The summed E-state index contributed by atoms with van der Waals surface area (Å²) in [5.74, 6) is -0.160. The minimum absolute atomic E-state index is 0.160. The molecule has 1 heterocycles. The summed E-state index contributed by atoms with van der Waals surface area (Å²) in [6.45, 7) is 2.76. The van der Waals surface area contributed by atoms with Gasteiger partial charge in [-0.15, -0.1) is 0 Å². The summed E-state index contributed by atoms with van der Waals surface area (Å²) >= 11 is 12.5. The second-order valence-electron chi connectivity index (χ2n) is 6.19. The maximum atomic E-state index is 12.9. The van der Waals surface area contributed by atoms with E-state index in [0.29, 0.717) is 34.5 Å². The van der Waals surface area contributed by atoms with Crippen molar-refractivity contribution in [2.45, 2.75) is 20.0 Å². The van der Waals surface area contributed by atoms with E-state index in [9.17, 15) is 4.79 Å². The third-order valence-electron chi connectivity index (χ3n) is 4.11. The van der Waals surface area contributed by atoms with Crippen LogP contribution in [0, 0.1) is 6.92 Å². The molecule has 0 aliphatic rings. The molecule has 0 saturated carbocycles. The number of benzene rings is 2. The molecule has 0 spiro atoms. The molecule has 0 N–H and O–H groups in total. The fraction of sp³-hybridized carbons (Fsp3) is 0.200. The topological polar surface area (TPSA) is 38.1 Å². The van der Waals surface area contributed by atoms with E-state index in [1.165, 1.54) is 0 Å². The minimum Gasteiger partial charge on any atom is -0.337 e. The molecule has 1 aromatic heterocycles. The first-order valence-corrected chi connectivity index (χ1v) is 8.98.